The van der Waals surface area contributed by atoms with E-state index in [1.165, 1.54) is 0 Å². The van der Waals surface area contributed by atoms with Crippen LogP contribution in [0.3, 0.4) is 0 Å². The predicted molar refractivity (Wildman–Crippen MR) is 101 cm³/mol. The molecule has 0 bridgehead atoms. The number of nitrogens with two attached hydrogens (primary N) is 2. The summed E-state index contributed by atoms with van der Waals surface area (Å²) in [5.74, 6) is -0.715. The largest absolute Gasteiger partial charge is 0.393 e. The maximum atomic E-state index is 13.4. The average molecular weight is 400 g/mol. The van der Waals surface area contributed by atoms with E-state index >= 15 is 0 Å². The Morgan fingerprint density at radius 2 is 1.76 bits per heavy atom. The number of hydrogen-bond donors (Lipinski definition) is 2. The minimum atomic E-state index is -3.70. The highest BCUT2D eigenvalue weighted by Crippen LogP contribution is 2.65. The van der Waals surface area contributed by atoms with Crippen molar-refractivity contribution < 1.29 is 13.6 Å². The van der Waals surface area contributed by atoms with Crippen molar-refractivity contribution in [3.8, 4) is 6.07 Å². The maximum Gasteiger partial charge on any atom is 0.360 e. The number of benzene rings is 1. The van der Waals surface area contributed by atoms with Gasteiger partial charge >= 0.3 is 7.60 Å². The van der Waals surface area contributed by atoms with E-state index in [1.54, 1.807) is 38.1 Å². The summed E-state index contributed by atoms with van der Waals surface area (Å²) in [6.07, 6.45) is 0. The van der Waals surface area contributed by atoms with Crippen LogP contribution in [0.4, 0.5) is 0 Å². The summed E-state index contributed by atoms with van der Waals surface area (Å²) in [7, 11) is -3.70. The van der Waals surface area contributed by atoms with Crippen LogP contribution in [0.25, 0.3) is 0 Å². The summed E-state index contributed by atoms with van der Waals surface area (Å²) in [6, 6.07) is 8.95. The van der Waals surface area contributed by atoms with Gasteiger partial charge in [-0.15, -0.1) is 0 Å². The second-order valence-electron chi connectivity index (χ2n) is 5.06. The number of allylic oxidation sites excluding steroid dienone is 2. The van der Waals surface area contributed by atoms with Crippen molar-refractivity contribution >= 4 is 31.0 Å². The summed E-state index contributed by atoms with van der Waals surface area (Å²) in [5, 5.41) is 10.9. The molecule has 0 aliphatic carbocycles. The van der Waals surface area contributed by atoms with E-state index in [0.717, 1.165) is 11.8 Å². The van der Waals surface area contributed by atoms with E-state index in [0.29, 0.717) is 10.6 Å². The van der Waals surface area contributed by atoms with E-state index in [-0.39, 0.29) is 34.2 Å². The van der Waals surface area contributed by atoms with Crippen molar-refractivity contribution in [3.63, 3.8) is 0 Å². The first kappa shape index (κ1) is 19.9. The quantitative estimate of drug-likeness (QED) is 0.687. The Hall–Kier alpha value is -1.42. The fourth-order valence-corrected chi connectivity index (χ4v) is 5.78. The van der Waals surface area contributed by atoms with E-state index in [2.05, 4.69) is 6.07 Å². The zero-order chi connectivity index (χ0) is 18.6. The molecule has 6 nitrogen and oxygen atoms in total. The van der Waals surface area contributed by atoms with Crippen LogP contribution in [0.15, 0.2) is 45.2 Å². The lowest BCUT2D eigenvalue weighted by Crippen LogP contribution is -2.20. The first-order chi connectivity index (χ1) is 11.9. The molecule has 1 heterocycles. The molecule has 1 aromatic carbocycles. The smallest absolute Gasteiger partial charge is 0.360 e. The molecule has 0 radical (unpaired) electrons. The van der Waals surface area contributed by atoms with Crippen molar-refractivity contribution in [2.24, 2.45) is 11.5 Å². The van der Waals surface area contributed by atoms with Gasteiger partial charge < -0.3 is 20.5 Å². The third-order valence-electron chi connectivity index (χ3n) is 3.52. The molecule has 1 aliphatic rings. The number of thioether (sulfide) groups is 1. The van der Waals surface area contributed by atoms with Crippen molar-refractivity contribution in [2.45, 2.75) is 19.8 Å². The van der Waals surface area contributed by atoms with Crippen LogP contribution in [-0.2, 0) is 13.6 Å². The summed E-state index contributed by atoms with van der Waals surface area (Å²) in [5.41, 5.74) is 13.1. The van der Waals surface area contributed by atoms with Crippen LogP contribution in [0.5, 0.6) is 0 Å². The van der Waals surface area contributed by atoms with Crippen LogP contribution in [0.1, 0.15) is 25.3 Å². The molecular weight excluding hydrogens is 381 g/mol. The van der Waals surface area contributed by atoms with Crippen molar-refractivity contribution in [1.29, 1.82) is 5.26 Å². The molecule has 0 saturated heterocycles. The normalized spacial score (nSPS) is 18.4. The second-order valence-corrected chi connectivity index (χ2v) is 8.57. The van der Waals surface area contributed by atoms with Crippen LogP contribution in [-0.4, -0.2) is 13.2 Å². The Kier molecular flexibility index (Phi) is 6.61. The molecule has 0 unspecified atom stereocenters. The van der Waals surface area contributed by atoms with Crippen molar-refractivity contribution in [2.75, 3.05) is 13.2 Å². The van der Waals surface area contributed by atoms with E-state index in [1.807, 2.05) is 0 Å². The molecule has 0 spiro atoms. The van der Waals surface area contributed by atoms with Crippen LogP contribution in [0, 0.1) is 11.3 Å². The molecule has 25 heavy (non-hydrogen) atoms. The topological polar surface area (TPSA) is 111 Å². The number of halogens is 1. The third-order valence-corrected chi connectivity index (χ3v) is 7.09. The molecule has 4 N–H and O–H groups in total. The van der Waals surface area contributed by atoms with Gasteiger partial charge in [0.05, 0.1) is 46.1 Å². The fourth-order valence-electron chi connectivity index (χ4n) is 2.56. The Morgan fingerprint density at radius 1 is 1.20 bits per heavy atom. The molecule has 134 valence electrons. The molecule has 1 atom stereocenters. The monoisotopic (exact) mass is 399 g/mol. The Morgan fingerprint density at radius 3 is 2.24 bits per heavy atom. The minimum absolute atomic E-state index is 0.174. The molecule has 1 aliphatic heterocycles. The van der Waals surface area contributed by atoms with Gasteiger partial charge in [0, 0.05) is 5.02 Å². The van der Waals surface area contributed by atoms with Gasteiger partial charge in [-0.1, -0.05) is 35.5 Å². The zero-order valence-electron chi connectivity index (χ0n) is 13.9. The zero-order valence-corrected chi connectivity index (χ0v) is 16.3. The minimum Gasteiger partial charge on any atom is -0.393 e. The SMILES string of the molecule is CCOP(=O)(OCC)C1=C(N)SC(N)=C(C#N)[C@@H]1c1ccc(Cl)cc1. The van der Waals surface area contributed by atoms with Gasteiger partial charge in [-0.05, 0) is 31.5 Å². The number of hydrogen-bond acceptors (Lipinski definition) is 7. The fraction of sp³-hybridized carbons (Fsp3) is 0.312. The number of nitrogens with zero attached hydrogens (tertiary/aromatic N) is 1. The van der Waals surface area contributed by atoms with Gasteiger partial charge in [0.25, 0.3) is 0 Å². The molecule has 1 aromatic rings. The standard InChI is InChI=1S/C16H19ClN3O3PS/c1-3-22-24(21,23-4-2)14-13(10-5-7-11(17)8-6-10)12(9-18)15(19)25-16(14)20/h5-8,13H,3-4,19-20H2,1-2H3/t13-/m0/s1. The van der Waals surface area contributed by atoms with E-state index in [4.69, 9.17) is 32.1 Å². The number of rotatable bonds is 6. The molecule has 0 saturated carbocycles. The van der Waals surface area contributed by atoms with Crippen molar-refractivity contribution in [3.05, 3.63) is 55.8 Å². The van der Waals surface area contributed by atoms with E-state index in [9.17, 15) is 9.83 Å². The third kappa shape index (κ3) is 4.05. The second kappa shape index (κ2) is 8.31. The van der Waals surface area contributed by atoms with Gasteiger partial charge in [-0.3, -0.25) is 4.57 Å². The van der Waals surface area contributed by atoms with Gasteiger partial charge in [0.2, 0.25) is 0 Å². The Bertz CT molecular complexity index is 792. The predicted octanol–water partition coefficient (Wildman–Crippen LogP) is 4.26. The van der Waals surface area contributed by atoms with Crippen molar-refractivity contribution in [1.82, 2.24) is 0 Å². The van der Waals surface area contributed by atoms with Crippen LogP contribution in [0.2, 0.25) is 5.02 Å². The Labute approximate surface area is 156 Å². The molecule has 0 amide bonds. The molecular formula is C16H19ClN3O3PS. The lowest BCUT2D eigenvalue weighted by Gasteiger charge is -2.31. The summed E-state index contributed by atoms with van der Waals surface area (Å²) < 4.78 is 24.3. The van der Waals surface area contributed by atoms with Gasteiger partial charge in [-0.2, -0.15) is 5.26 Å². The summed E-state index contributed by atoms with van der Waals surface area (Å²) in [6.45, 7) is 3.77. The van der Waals surface area contributed by atoms with Gasteiger partial charge in [0.1, 0.15) is 0 Å². The first-order valence-corrected chi connectivity index (χ1v) is 10.3. The van der Waals surface area contributed by atoms with Gasteiger partial charge in [0.15, 0.2) is 0 Å². The first-order valence-electron chi connectivity index (χ1n) is 7.60. The number of nitriles is 1. The van der Waals surface area contributed by atoms with Crippen LogP contribution < -0.4 is 11.5 Å². The summed E-state index contributed by atoms with van der Waals surface area (Å²) >= 11 is 6.95. The lowest BCUT2D eigenvalue weighted by molar-refractivity contribution is 0.225. The summed E-state index contributed by atoms with van der Waals surface area (Å²) in [4.78, 5) is 0. The molecule has 0 fully saturated rings. The van der Waals surface area contributed by atoms with E-state index < -0.39 is 13.5 Å². The Balaban J connectivity index is 2.69. The molecule has 9 heteroatoms. The van der Waals surface area contributed by atoms with Gasteiger partial charge in [-0.25, -0.2) is 0 Å². The highest BCUT2D eigenvalue weighted by Gasteiger charge is 2.43. The highest BCUT2D eigenvalue weighted by atomic mass is 35.5. The van der Waals surface area contributed by atoms with Crippen LogP contribution >= 0.6 is 31.0 Å². The lowest BCUT2D eigenvalue weighted by atomic mass is 9.91. The average Bonchev–Trinajstić information content (AvgIpc) is 2.55. The molecule has 2 rings (SSSR count). The maximum absolute atomic E-state index is 13.4. The highest BCUT2D eigenvalue weighted by molar-refractivity contribution is 8.06. The molecule has 0 aromatic heterocycles.